The molecule has 0 atom stereocenters. The van der Waals surface area contributed by atoms with Crippen LogP contribution in [0, 0.1) is 13.8 Å². The van der Waals surface area contributed by atoms with Crippen LogP contribution in [0.15, 0.2) is 40.6 Å². The number of rotatable bonds is 4. The molecule has 8 heteroatoms. The van der Waals surface area contributed by atoms with Gasteiger partial charge < -0.3 is 5.32 Å². The quantitative estimate of drug-likeness (QED) is 0.507. The smallest absolute Gasteiger partial charge is 0.338 e. The van der Waals surface area contributed by atoms with Gasteiger partial charge in [-0.25, -0.2) is 4.98 Å². The minimum Gasteiger partial charge on any atom is -0.338 e. The molecule has 2 rings (SSSR count). The molecular formula is C16H17F3N4S. The Morgan fingerprint density at radius 1 is 1.21 bits per heavy atom. The number of hydrogen-bond acceptors (Lipinski definition) is 4. The van der Waals surface area contributed by atoms with Gasteiger partial charge in [0.05, 0.1) is 11.9 Å². The second kappa shape index (κ2) is 7.65. The second-order valence-electron chi connectivity index (χ2n) is 5.12. The van der Waals surface area contributed by atoms with Gasteiger partial charge in [0.25, 0.3) is 0 Å². The summed E-state index contributed by atoms with van der Waals surface area (Å²) in [6.45, 7) is 3.68. The number of aryl methyl sites for hydroxylation is 2. The van der Waals surface area contributed by atoms with Gasteiger partial charge in [-0.05, 0) is 31.0 Å². The highest BCUT2D eigenvalue weighted by Gasteiger charge is 2.27. The maximum absolute atomic E-state index is 12.5. The normalized spacial score (nSPS) is 12.3. The molecule has 1 aromatic carbocycles. The lowest BCUT2D eigenvalue weighted by atomic mass is 10.1. The molecule has 0 unspecified atom stereocenters. The first kappa shape index (κ1) is 18.3. The Morgan fingerprint density at radius 3 is 2.54 bits per heavy atom. The Kier molecular flexibility index (Phi) is 5.82. The summed E-state index contributed by atoms with van der Waals surface area (Å²) in [4.78, 5) is 12.9. The molecule has 4 nitrogen and oxygen atoms in total. The molecule has 1 N–H and O–H groups in total. The van der Waals surface area contributed by atoms with Crippen LogP contribution >= 0.6 is 11.8 Å². The first-order valence-electron chi connectivity index (χ1n) is 7.11. The number of aliphatic imine (C=N–C) groups is 1. The summed E-state index contributed by atoms with van der Waals surface area (Å²) in [6.07, 6.45) is 0.470. The molecule has 0 radical (unpaired) electrons. The lowest BCUT2D eigenvalue weighted by molar-refractivity contribution is -0.105. The number of anilines is 1. The van der Waals surface area contributed by atoms with Crippen molar-refractivity contribution in [3.8, 4) is 0 Å². The monoisotopic (exact) mass is 354 g/mol. The van der Waals surface area contributed by atoms with Crippen molar-refractivity contribution in [1.82, 2.24) is 9.97 Å². The summed E-state index contributed by atoms with van der Waals surface area (Å²) in [6, 6.07) is 3.56. The van der Waals surface area contributed by atoms with E-state index in [0.717, 1.165) is 22.9 Å². The van der Waals surface area contributed by atoms with E-state index in [1.54, 1.807) is 38.6 Å². The van der Waals surface area contributed by atoms with Gasteiger partial charge in [0, 0.05) is 30.0 Å². The van der Waals surface area contributed by atoms with E-state index in [2.05, 4.69) is 20.3 Å². The van der Waals surface area contributed by atoms with Crippen LogP contribution in [0.2, 0.25) is 0 Å². The number of benzene rings is 1. The Morgan fingerprint density at radius 2 is 1.96 bits per heavy atom. The van der Waals surface area contributed by atoms with Crippen molar-refractivity contribution in [3.63, 3.8) is 0 Å². The number of alkyl halides is 3. The number of hydrogen-bond donors (Lipinski definition) is 1. The largest absolute Gasteiger partial charge is 0.398 e. The third kappa shape index (κ3) is 4.95. The predicted molar refractivity (Wildman–Crippen MR) is 90.8 cm³/mol. The number of nitrogens with one attached hydrogen (secondary N) is 1. The maximum Gasteiger partial charge on any atom is 0.398 e. The van der Waals surface area contributed by atoms with Crippen LogP contribution in [0.5, 0.6) is 0 Å². The lowest BCUT2D eigenvalue weighted by Gasteiger charge is -2.15. The Balaban J connectivity index is 2.26. The lowest BCUT2D eigenvalue weighted by Crippen LogP contribution is -2.16. The summed E-state index contributed by atoms with van der Waals surface area (Å²) in [5.74, 6) is -0.420. The summed E-state index contributed by atoms with van der Waals surface area (Å²) < 4.78 is 37.4. The number of nitrogens with zero attached hydrogens (tertiary/aromatic N) is 3. The molecule has 24 heavy (non-hydrogen) atoms. The fourth-order valence-corrected chi connectivity index (χ4v) is 2.87. The van der Waals surface area contributed by atoms with E-state index in [9.17, 15) is 13.2 Å². The minimum atomic E-state index is -4.20. The van der Waals surface area contributed by atoms with Gasteiger partial charge >= 0.3 is 6.18 Å². The van der Waals surface area contributed by atoms with Crippen LogP contribution < -0.4 is 5.32 Å². The van der Waals surface area contributed by atoms with Gasteiger partial charge in [-0.2, -0.15) is 13.2 Å². The third-order valence-electron chi connectivity index (χ3n) is 3.20. The fraction of sp³-hybridized carbons (Fsp3) is 0.312. The van der Waals surface area contributed by atoms with Crippen molar-refractivity contribution in [2.24, 2.45) is 4.99 Å². The van der Waals surface area contributed by atoms with Crippen molar-refractivity contribution >= 4 is 23.3 Å². The summed E-state index contributed by atoms with van der Waals surface area (Å²) >= 11 is 0.775. The van der Waals surface area contributed by atoms with Gasteiger partial charge in [-0.3, -0.25) is 9.98 Å². The molecule has 0 aliphatic carbocycles. The third-order valence-corrected chi connectivity index (χ3v) is 4.42. The molecule has 0 spiro atoms. The Hall–Kier alpha value is -2.09. The molecule has 1 heterocycles. The van der Waals surface area contributed by atoms with Crippen LogP contribution in [0.25, 0.3) is 0 Å². The van der Waals surface area contributed by atoms with E-state index in [1.807, 2.05) is 13.0 Å². The molecule has 128 valence electrons. The summed E-state index contributed by atoms with van der Waals surface area (Å²) in [5.41, 5.74) is 2.97. The molecule has 0 aliphatic heterocycles. The average molecular weight is 354 g/mol. The topological polar surface area (TPSA) is 50.2 Å². The predicted octanol–water partition coefficient (Wildman–Crippen LogP) is 4.24. The number of thioether (sulfide) groups is 1. The van der Waals surface area contributed by atoms with Crippen molar-refractivity contribution in [2.45, 2.75) is 24.9 Å². The van der Waals surface area contributed by atoms with E-state index in [4.69, 9.17) is 0 Å². The summed E-state index contributed by atoms with van der Waals surface area (Å²) in [5, 5.41) is 3.13. The number of amidine groups is 1. The zero-order chi connectivity index (χ0) is 17.7. The van der Waals surface area contributed by atoms with Crippen LogP contribution in [0.3, 0.4) is 0 Å². The van der Waals surface area contributed by atoms with Crippen LogP contribution in [-0.4, -0.2) is 34.8 Å². The maximum atomic E-state index is 12.5. The number of aromatic nitrogens is 2. The zero-order valence-corrected chi connectivity index (χ0v) is 14.3. The number of halogens is 3. The highest BCUT2D eigenvalue weighted by Crippen LogP contribution is 2.32. The van der Waals surface area contributed by atoms with Gasteiger partial charge in [0.15, 0.2) is 5.84 Å². The molecule has 0 amide bonds. The van der Waals surface area contributed by atoms with Gasteiger partial charge in [-0.1, -0.05) is 6.07 Å². The summed E-state index contributed by atoms with van der Waals surface area (Å²) in [7, 11) is 1.61. The molecule has 0 bridgehead atoms. The van der Waals surface area contributed by atoms with Crippen LogP contribution in [0.1, 0.15) is 16.8 Å². The Labute approximate surface area is 142 Å². The second-order valence-corrected chi connectivity index (χ2v) is 6.14. The molecule has 0 fully saturated rings. The van der Waals surface area contributed by atoms with Crippen LogP contribution in [-0.2, 0) is 0 Å². The van der Waals surface area contributed by atoms with Gasteiger partial charge in [0.1, 0.15) is 5.69 Å². The molecule has 0 saturated carbocycles. The first-order valence-corrected chi connectivity index (χ1v) is 8.09. The average Bonchev–Trinajstić information content (AvgIpc) is 2.53. The van der Waals surface area contributed by atoms with Gasteiger partial charge in [-0.15, -0.1) is 11.8 Å². The van der Waals surface area contributed by atoms with Gasteiger partial charge in [0.2, 0.25) is 0 Å². The fourth-order valence-electron chi connectivity index (χ4n) is 2.07. The minimum absolute atomic E-state index is 0.502. The molecule has 0 aliphatic rings. The van der Waals surface area contributed by atoms with E-state index >= 15 is 0 Å². The zero-order valence-electron chi connectivity index (χ0n) is 13.5. The van der Waals surface area contributed by atoms with Crippen molar-refractivity contribution < 1.29 is 13.2 Å². The van der Waals surface area contributed by atoms with Crippen molar-refractivity contribution in [1.29, 1.82) is 0 Å². The molecule has 2 aromatic rings. The molecule has 0 saturated heterocycles. The molecule has 1 aromatic heterocycles. The van der Waals surface area contributed by atoms with Crippen molar-refractivity contribution in [3.05, 3.63) is 47.5 Å². The Bertz CT molecular complexity index is 730. The van der Waals surface area contributed by atoms with E-state index < -0.39 is 11.9 Å². The van der Waals surface area contributed by atoms with E-state index in [1.165, 1.54) is 0 Å². The SMILES string of the molecule is CN=C(Nc1cc(SCC(F)(F)F)c(C)cc1C)c1cnccn1. The van der Waals surface area contributed by atoms with Crippen molar-refractivity contribution in [2.75, 3.05) is 18.1 Å². The highest BCUT2D eigenvalue weighted by atomic mass is 32.2. The standard InChI is InChI=1S/C16H17F3N4S/c1-10-6-11(2)14(24-9-16(17,18)19)7-12(10)23-15(20-3)13-8-21-4-5-22-13/h4-8H,9H2,1-3H3,(H,20,23). The van der Waals surface area contributed by atoms with E-state index in [-0.39, 0.29) is 0 Å². The van der Waals surface area contributed by atoms with E-state index in [0.29, 0.717) is 22.1 Å². The molecular weight excluding hydrogens is 337 g/mol. The first-order chi connectivity index (χ1) is 11.3. The highest BCUT2D eigenvalue weighted by molar-refractivity contribution is 7.99. The van der Waals surface area contributed by atoms with Crippen LogP contribution in [0.4, 0.5) is 18.9 Å².